The Bertz CT molecular complexity index is 2070. The fourth-order valence-corrected chi connectivity index (χ4v) is 10.7. The number of benzene rings is 1. The van der Waals surface area contributed by atoms with Crippen LogP contribution < -0.4 is 4.74 Å². The highest BCUT2D eigenvalue weighted by molar-refractivity contribution is 6.39. The molecule has 1 amide bonds. The molecule has 15 nitrogen and oxygen atoms in total. The summed E-state index contributed by atoms with van der Waals surface area (Å²) in [6.45, 7) is 10.7. The maximum atomic E-state index is 14.5. The number of nitrogens with zero attached hydrogens (tertiary/aromatic N) is 1. The van der Waals surface area contributed by atoms with Crippen molar-refractivity contribution in [2.24, 2.45) is 29.6 Å². The van der Waals surface area contributed by atoms with Crippen LogP contribution in [0.3, 0.4) is 0 Å². The minimum absolute atomic E-state index is 0.00832. The summed E-state index contributed by atoms with van der Waals surface area (Å²) in [6.07, 6.45) is 3.43. The quantitative estimate of drug-likeness (QED) is 0.136. The number of rotatable bonds is 8. The third-order valence-electron chi connectivity index (χ3n) is 15.0. The Morgan fingerprint density at radius 2 is 1.64 bits per heavy atom. The van der Waals surface area contributed by atoms with E-state index in [0.717, 1.165) is 23.1 Å². The van der Waals surface area contributed by atoms with Crippen molar-refractivity contribution in [1.29, 1.82) is 0 Å². The van der Waals surface area contributed by atoms with E-state index in [2.05, 4.69) is 4.98 Å². The van der Waals surface area contributed by atoms with E-state index < -0.39 is 89.8 Å². The summed E-state index contributed by atoms with van der Waals surface area (Å²) in [5, 5.41) is 36.6. The van der Waals surface area contributed by atoms with Crippen LogP contribution in [0.4, 0.5) is 0 Å². The number of hydrogen-bond donors (Lipinski definition) is 4. The van der Waals surface area contributed by atoms with Gasteiger partial charge in [0.25, 0.3) is 11.7 Å². The fourth-order valence-electron chi connectivity index (χ4n) is 10.7. The minimum atomic E-state index is -2.58. The monoisotopic (exact) mass is 923 g/mol. The average molecular weight is 923 g/mol. The first-order valence-electron chi connectivity index (χ1n) is 24.0. The molecule has 1 saturated carbocycles. The molecular weight excluding hydrogens is 849 g/mol. The number of Topliss-reactive ketones (excluding diaryl/α,β-unsaturated/α-hetero) is 2. The number of esters is 1. The minimum Gasteiger partial charge on any atom is -0.488 e. The predicted octanol–water partition coefficient (Wildman–Crippen LogP) is 6.01. The van der Waals surface area contributed by atoms with Crippen LogP contribution in [0.25, 0.3) is 10.9 Å². The van der Waals surface area contributed by atoms with E-state index in [9.17, 15) is 34.5 Å². The Kier molecular flexibility index (Phi) is 17.5. The Labute approximate surface area is 389 Å². The first kappa shape index (κ1) is 51.4. The predicted molar refractivity (Wildman–Crippen MR) is 246 cm³/mol. The van der Waals surface area contributed by atoms with E-state index >= 15 is 0 Å². The first-order valence-corrected chi connectivity index (χ1v) is 24.0. The number of aromatic amines is 1. The van der Waals surface area contributed by atoms with Gasteiger partial charge in [-0.25, -0.2) is 4.79 Å². The largest absolute Gasteiger partial charge is 0.488 e. The van der Waals surface area contributed by atoms with Gasteiger partial charge < -0.3 is 53.6 Å². The topological polar surface area (TPSA) is 203 Å². The van der Waals surface area contributed by atoms with Crippen LogP contribution in [-0.2, 0) is 42.9 Å². The van der Waals surface area contributed by atoms with Gasteiger partial charge in [-0.2, -0.15) is 0 Å². The maximum Gasteiger partial charge on any atom is 0.329 e. The molecule has 4 aliphatic rings. The summed E-state index contributed by atoms with van der Waals surface area (Å²) < 4.78 is 36.7. The number of aliphatic hydroxyl groups is 3. The van der Waals surface area contributed by atoms with Gasteiger partial charge in [-0.05, 0) is 119 Å². The van der Waals surface area contributed by atoms with Crippen LogP contribution in [0.1, 0.15) is 106 Å². The van der Waals surface area contributed by atoms with E-state index in [4.69, 9.17) is 28.4 Å². The van der Waals surface area contributed by atoms with Crippen LogP contribution in [0.2, 0.25) is 0 Å². The highest BCUT2D eigenvalue weighted by atomic mass is 16.7. The van der Waals surface area contributed by atoms with Crippen molar-refractivity contribution in [1.82, 2.24) is 9.88 Å². The number of carbonyl (C=O) groups is 4. The van der Waals surface area contributed by atoms with Crippen LogP contribution >= 0.6 is 0 Å². The highest BCUT2D eigenvalue weighted by Gasteiger charge is 2.57. The molecule has 366 valence electrons. The average Bonchev–Trinajstić information content (AvgIpc) is 3.79. The smallest absolute Gasteiger partial charge is 0.329 e. The van der Waals surface area contributed by atoms with Crippen molar-refractivity contribution >= 4 is 34.3 Å². The van der Waals surface area contributed by atoms with Gasteiger partial charge in [0, 0.05) is 69.1 Å². The molecule has 15 heteroatoms. The second-order valence-corrected chi connectivity index (χ2v) is 19.5. The first-order chi connectivity index (χ1) is 31.4. The summed E-state index contributed by atoms with van der Waals surface area (Å²) in [5.41, 5.74) is 2.24. The number of aliphatic hydroxyl groups excluding tert-OH is 2. The number of carbonyl (C=O) groups excluding carboxylic acids is 4. The van der Waals surface area contributed by atoms with Crippen molar-refractivity contribution < 1.29 is 62.9 Å². The number of H-pyrrole nitrogens is 1. The lowest BCUT2D eigenvalue weighted by Gasteiger charge is -2.47. The van der Waals surface area contributed by atoms with E-state index in [-0.39, 0.29) is 56.1 Å². The third-order valence-corrected chi connectivity index (χ3v) is 15.0. The number of hydrogen-bond acceptors (Lipinski definition) is 13. The van der Waals surface area contributed by atoms with E-state index in [0.29, 0.717) is 43.3 Å². The van der Waals surface area contributed by atoms with Gasteiger partial charge in [-0.3, -0.25) is 14.4 Å². The molecule has 6 rings (SSSR count). The summed E-state index contributed by atoms with van der Waals surface area (Å²) in [5.74, 6) is -7.82. The number of allylic oxidation sites excluding steroid dienone is 2. The summed E-state index contributed by atoms with van der Waals surface area (Å²) in [6, 6.07) is 6.75. The second kappa shape index (κ2) is 22.4. The Morgan fingerprint density at radius 1 is 0.924 bits per heavy atom. The van der Waals surface area contributed by atoms with Crippen molar-refractivity contribution in [3.63, 3.8) is 0 Å². The number of ether oxygens (including phenoxy) is 6. The normalized spacial score (nSPS) is 38.2. The van der Waals surface area contributed by atoms with Crippen LogP contribution in [0, 0.1) is 29.6 Å². The van der Waals surface area contributed by atoms with Gasteiger partial charge in [0.2, 0.25) is 5.79 Å². The number of piperidine rings is 1. The van der Waals surface area contributed by atoms with Crippen molar-refractivity contribution in [2.75, 3.05) is 27.9 Å². The van der Waals surface area contributed by atoms with Crippen LogP contribution in [0.15, 0.2) is 53.8 Å². The molecule has 3 fully saturated rings. The van der Waals surface area contributed by atoms with Gasteiger partial charge in [-0.1, -0.05) is 39.8 Å². The molecule has 4 heterocycles. The zero-order valence-corrected chi connectivity index (χ0v) is 40.3. The summed E-state index contributed by atoms with van der Waals surface area (Å²) in [7, 11) is 4.62. The van der Waals surface area contributed by atoms with Crippen LogP contribution in [0.5, 0.6) is 5.75 Å². The van der Waals surface area contributed by atoms with Gasteiger partial charge in [-0.15, -0.1) is 0 Å². The number of aromatic nitrogens is 1. The lowest BCUT2D eigenvalue weighted by Crippen LogP contribution is -2.64. The molecule has 15 unspecified atom stereocenters. The van der Waals surface area contributed by atoms with Crippen LogP contribution in [-0.4, -0.2) is 137 Å². The SMILES string of the molecule is CCC1/C=C(\C)C(O)C(C)CC(OC)C2OC(O)(C(=O)C(=O)N3CCCCC3C(=O)OC(C(C)=CC3CCC(Oc4ccc5[nH]ccc5c4)C(OC)C3)C(C)C(O)CC1=O)C(C)CC2OC. The lowest BCUT2D eigenvalue weighted by molar-refractivity contribution is -0.302. The molecule has 0 spiro atoms. The highest BCUT2D eigenvalue weighted by Crippen LogP contribution is 2.40. The van der Waals surface area contributed by atoms with Gasteiger partial charge in [0.1, 0.15) is 35.9 Å². The molecule has 1 aromatic heterocycles. The van der Waals surface area contributed by atoms with E-state index in [1.165, 1.54) is 19.1 Å². The Morgan fingerprint density at radius 3 is 2.33 bits per heavy atom. The number of fused-ring (bicyclic) bond motifs is 4. The number of methoxy groups -OCH3 is 3. The van der Waals surface area contributed by atoms with Crippen molar-refractivity contribution in [3.05, 3.63) is 53.8 Å². The van der Waals surface area contributed by atoms with E-state index in [1.807, 2.05) is 57.3 Å². The number of cyclic esters (lactones) is 1. The Hall–Kier alpha value is -3.96. The molecule has 3 aliphatic heterocycles. The Balaban J connectivity index is 1.32. The second-order valence-electron chi connectivity index (χ2n) is 19.5. The molecule has 2 bridgehead atoms. The molecule has 66 heavy (non-hydrogen) atoms. The van der Waals surface area contributed by atoms with Crippen molar-refractivity contribution in [3.8, 4) is 5.75 Å². The molecule has 1 aromatic carbocycles. The zero-order valence-electron chi connectivity index (χ0n) is 40.3. The molecule has 1 aliphatic carbocycles. The summed E-state index contributed by atoms with van der Waals surface area (Å²) in [4.78, 5) is 61.7. The molecule has 2 aromatic rings. The number of ketones is 2. The summed E-state index contributed by atoms with van der Waals surface area (Å²) >= 11 is 0. The van der Waals surface area contributed by atoms with E-state index in [1.54, 1.807) is 34.0 Å². The standard InChI is InChI=1S/C51H74N2O13/c1-10-34-22-28(2)45(56)29(3)23-43(62-8)47-44(63-9)24-31(5)51(60,66-47)48(57)49(58)53-20-12-11-13-38(53)50(59)65-46(32(6)39(54)27-40(34)55)30(4)21-33-14-17-41(42(25-33)61-7)64-36-15-16-37-35(26-36)18-19-52-37/h15-16,18-19,21-22,26,29,31-34,38-39,41-47,52,54,56,60H,10-14,17,20,23-25,27H2,1-9H3/b28-22+,30-21?. The lowest BCUT2D eigenvalue weighted by atomic mass is 9.81. The van der Waals surface area contributed by atoms with Crippen molar-refractivity contribution in [2.45, 2.75) is 166 Å². The fraction of sp³-hybridized carbons (Fsp3) is 0.686. The van der Waals surface area contributed by atoms with Gasteiger partial charge in [0.15, 0.2) is 0 Å². The zero-order chi connectivity index (χ0) is 48.0. The molecular formula is C51H74N2O13. The molecule has 0 radical (unpaired) electrons. The van der Waals surface area contributed by atoms with Gasteiger partial charge >= 0.3 is 5.97 Å². The molecule has 15 atom stereocenters. The number of amides is 1. The maximum absolute atomic E-state index is 14.5. The van der Waals surface area contributed by atoms with Gasteiger partial charge in [0.05, 0.1) is 30.5 Å². The third kappa shape index (κ3) is 11.3. The number of nitrogens with one attached hydrogen (secondary N) is 1. The molecule has 4 N–H and O–H groups in total. The molecule has 2 saturated heterocycles.